The molecule has 1 saturated carbocycles. The second-order valence-electron chi connectivity index (χ2n) is 6.61. The first-order valence-corrected chi connectivity index (χ1v) is 9.17. The molecule has 144 valence electrons. The Kier molecular flexibility index (Phi) is 6.52. The fourth-order valence-electron chi connectivity index (χ4n) is 2.69. The molecule has 0 saturated heterocycles. The predicted octanol–water partition coefficient (Wildman–Crippen LogP) is 3.49. The van der Waals surface area contributed by atoms with Gasteiger partial charge in [0, 0.05) is 25.7 Å². The standard InChI is InChI=1S/C21H26FN3O2/c1-23-21(24-12-16-9-10-20(26-2)18(22)11-16)25-13-17-5-3-4-6-19(17)27-14-15-7-8-15/h3-6,9-11,15H,7-8,12-14H2,1-2H3,(H2,23,24,25). The lowest BCUT2D eigenvalue weighted by Gasteiger charge is -2.15. The maximum atomic E-state index is 13.8. The molecule has 0 amide bonds. The summed E-state index contributed by atoms with van der Waals surface area (Å²) < 4.78 is 24.7. The van der Waals surface area contributed by atoms with Gasteiger partial charge in [-0.2, -0.15) is 0 Å². The van der Waals surface area contributed by atoms with Crippen molar-refractivity contribution in [2.24, 2.45) is 10.9 Å². The lowest BCUT2D eigenvalue weighted by atomic mass is 10.2. The number of ether oxygens (including phenoxy) is 2. The Morgan fingerprint density at radius 2 is 1.89 bits per heavy atom. The minimum absolute atomic E-state index is 0.240. The molecule has 0 atom stereocenters. The summed E-state index contributed by atoms with van der Waals surface area (Å²) in [6.07, 6.45) is 2.53. The molecule has 6 heteroatoms. The largest absolute Gasteiger partial charge is 0.494 e. The fourth-order valence-corrected chi connectivity index (χ4v) is 2.69. The maximum Gasteiger partial charge on any atom is 0.191 e. The van der Waals surface area contributed by atoms with Crippen LogP contribution >= 0.6 is 0 Å². The van der Waals surface area contributed by atoms with Crippen molar-refractivity contribution in [2.75, 3.05) is 20.8 Å². The van der Waals surface area contributed by atoms with Gasteiger partial charge in [0.1, 0.15) is 5.75 Å². The zero-order valence-electron chi connectivity index (χ0n) is 15.8. The summed E-state index contributed by atoms with van der Waals surface area (Å²) in [5.41, 5.74) is 1.89. The highest BCUT2D eigenvalue weighted by Gasteiger charge is 2.22. The van der Waals surface area contributed by atoms with Gasteiger partial charge in [-0.1, -0.05) is 24.3 Å². The molecule has 2 aromatic rings. The van der Waals surface area contributed by atoms with Crippen LogP contribution in [0.15, 0.2) is 47.5 Å². The number of halogens is 1. The van der Waals surface area contributed by atoms with Crippen molar-refractivity contribution in [2.45, 2.75) is 25.9 Å². The van der Waals surface area contributed by atoms with Crippen LogP contribution in [0.2, 0.25) is 0 Å². The summed E-state index contributed by atoms with van der Waals surface area (Å²) in [6.45, 7) is 1.84. The van der Waals surface area contributed by atoms with Crippen molar-refractivity contribution < 1.29 is 13.9 Å². The van der Waals surface area contributed by atoms with Gasteiger partial charge in [-0.05, 0) is 42.5 Å². The Hall–Kier alpha value is -2.76. The van der Waals surface area contributed by atoms with Gasteiger partial charge in [0.2, 0.25) is 0 Å². The molecule has 2 aromatic carbocycles. The van der Waals surface area contributed by atoms with Gasteiger partial charge in [-0.25, -0.2) is 4.39 Å². The van der Waals surface area contributed by atoms with E-state index in [1.54, 1.807) is 13.1 Å². The fraction of sp³-hybridized carbons (Fsp3) is 0.381. The summed E-state index contributed by atoms with van der Waals surface area (Å²) in [5, 5.41) is 6.47. The molecular formula is C21H26FN3O2. The number of guanidine groups is 1. The average molecular weight is 371 g/mol. The van der Waals surface area contributed by atoms with E-state index in [2.05, 4.69) is 15.6 Å². The van der Waals surface area contributed by atoms with Crippen molar-refractivity contribution in [1.29, 1.82) is 0 Å². The van der Waals surface area contributed by atoms with Crippen molar-refractivity contribution in [3.8, 4) is 11.5 Å². The van der Waals surface area contributed by atoms with E-state index >= 15 is 0 Å². The number of methoxy groups -OCH3 is 1. The highest BCUT2D eigenvalue weighted by molar-refractivity contribution is 5.79. The van der Waals surface area contributed by atoms with Gasteiger partial charge < -0.3 is 20.1 Å². The Morgan fingerprint density at radius 3 is 2.59 bits per heavy atom. The monoisotopic (exact) mass is 371 g/mol. The van der Waals surface area contributed by atoms with Gasteiger partial charge in [-0.15, -0.1) is 0 Å². The number of nitrogens with zero attached hydrogens (tertiary/aromatic N) is 1. The van der Waals surface area contributed by atoms with E-state index in [9.17, 15) is 4.39 Å². The van der Waals surface area contributed by atoms with Crippen molar-refractivity contribution in [1.82, 2.24) is 10.6 Å². The van der Waals surface area contributed by atoms with Crippen molar-refractivity contribution in [3.05, 3.63) is 59.4 Å². The number of hydrogen-bond donors (Lipinski definition) is 2. The molecule has 3 rings (SSSR count). The summed E-state index contributed by atoms with van der Waals surface area (Å²) >= 11 is 0. The van der Waals surface area contributed by atoms with E-state index in [-0.39, 0.29) is 11.6 Å². The van der Waals surface area contributed by atoms with Gasteiger partial charge in [0.25, 0.3) is 0 Å². The highest BCUT2D eigenvalue weighted by Crippen LogP contribution is 2.30. The molecule has 5 nitrogen and oxygen atoms in total. The molecule has 1 fully saturated rings. The highest BCUT2D eigenvalue weighted by atomic mass is 19.1. The summed E-state index contributed by atoms with van der Waals surface area (Å²) in [6, 6.07) is 12.9. The Bertz CT molecular complexity index is 791. The molecule has 2 N–H and O–H groups in total. The summed E-state index contributed by atoms with van der Waals surface area (Å²) in [7, 11) is 3.16. The molecule has 0 spiro atoms. The number of hydrogen-bond acceptors (Lipinski definition) is 3. The Balaban J connectivity index is 1.52. The second kappa shape index (κ2) is 9.26. The van der Waals surface area contributed by atoms with E-state index in [1.807, 2.05) is 30.3 Å². The molecule has 27 heavy (non-hydrogen) atoms. The molecule has 0 aliphatic heterocycles. The van der Waals surface area contributed by atoms with Gasteiger partial charge in [0.15, 0.2) is 17.5 Å². The van der Waals surface area contributed by atoms with Crippen LogP contribution in [0.5, 0.6) is 11.5 Å². The SMILES string of the molecule is CN=C(NCc1ccc(OC)c(F)c1)NCc1ccccc1OCC1CC1. The number of benzene rings is 2. The number of aliphatic imine (C=N–C) groups is 1. The van der Waals surface area contributed by atoms with Crippen molar-refractivity contribution in [3.63, 3.8) is 0 Å². The zero-order valence-corrected chi connectivity index (χ0v) is 15.8. The van der Waals surface area contributed by atoms with Crippen LogP contribution in [-0.2, 0) is 13.1 Å². The summed E-state index contributed by atoms with van der Waals surface area (Å²) in [4.78, 5) is 4.22. The molecule has 1 aliphatic carbocycles. The van der Waals surface area contributed by atoms with E-state index in [4.69, 9.17) is 9.47 Å². The van der Waals surface area contributed by atoms with E-state index < -0.39 is 0 Å². The third kappa shape index (κ3) is 5.61. The van der Waals surface area contributed by atoms with E-state index in [0.29, 0.717) is 25.0 Å². The Morgan fingerprint density at radius 1 is 1.11 bits per heavy atom. The van der Waals surface area contributed by atoms with Crippen LogP contribution in [0, 0.1) is 11.7 Å². The Labute approximate surface area is 159 Å². The van der Waals surface area contributed by atoms with Crippen LogP contribution in [0.1, 0.15) is 24.0 Å². The van der Waals surface area contributed by atoms with Crippen LogP contribution in [-0.4, -0.2) is 26.7 Å². The van der Waals surface area contributed by atoms with E-state index in [1.165, 1.54) is 26.0 Å². The third-order valence-electron chi connectivity index (χ3n) is 4.49. The average Bonchev–Trinajstić information content (AvgIpc) is 3.52. The first kappa shape index (κ1) is 19.0. The number of nitrogens with one attached hydrogen (secondary N) is 2. The van der Waals surface area contributed by atoms with Crippen molar-refractivity contribution >= 4 is 5.96 Å². The maximum absolute atomic E-state index is 13.8. The molecule has 1 aliphatic rings. The quantitative estimate of drug-likeness (QED) is 0.551. The molecule has 0 bridgehead atoms. The normalized spacial score (nSPS) is 14.0. The molecular weight excluding hydrogens is 345 g/mol. The summed E-state index contributed by atoms with van der Waals surface area (Å²) in [5.74, 6) is 2.13. The lowest BCUT2D eigenvalue weighted by molar-refractivity contribution is 0.296. The van der Waals surface area contributed by atoms with Crippen LogP contribution in [0.25, 0.3) is 0 Å². The van der Waals surface area contributed by atoms with Gasteiger partial charge >= 0.3 is 0 Å². The lowest BCUT2D eigenvalue weighted by Crippen LogP contribution is -2.36. The first-order chi connectivity index (χ1) is 13.2. The molecule has 0 heterocycles. The van der Waals surface area contributed by atoms with Crippen LogP contribution < -0.4 is 20.1 Å². The van der Waals surface area contributed by atoms with Gasteiger partial charge in [-0.3, -0.25) is 4.99 Å². The van der Waals surface area contributed by atoms with Crippen LogP contribution in [0.4, 0.5) is 4.39 Å². The van der Waals surface area contributed by atoms with Crippen LogP contribution in [0.3, 0.4) is 0 Å². The second-order valence-corrected chi connectivity index (χ2v) is 6.61. The van der Waals surface area contributed by atoms with Gasteiger partial charge in [0.05, 0.1) is 13.7 Å². The zero-order chi connectivity index (χ0) is 19.1. The predicted molar refractivity (Wildman–Crippen MR) is 105 cm³/mol. The molecule has 0 radical (unpaired) electrons. The first-order valence-electron chi connectivity index (χ1n) is 9.17. The number of para-hydroxylation sites is 1. The minimum atomic E-state index is -0.374. The topological polar surface area (TPSA) is 54.9 Å². The minimum Gasteiger partial charge on any atom is -0.494 e. The number of rotatable bonds is 8. The smallest absolute Gasteiger partial charge is 0.191 e. The van der Waals surface area contributed by atoms with E-state index in [0.717, 1.165) is 23.5 Å². The third-order valence-corrected chi connectivity index (χ3v) is 4.49. The molecule has 0 unspecified atom stereocenters. The molecule has 0 aromatic heterocycles.